The van der Waals surface area contributed by atoms with Crippen molar-refractivity contribution in [1.29, 1.82) is 0 Å². The van der Waals surface area contributed by atoms with Crippen LogP contribution in [0.3, 0.4) is 0 Å². The first-order valence-electron chi connectivity index (χ1n) is 11.5. The molecule has 2 aromatic carbocycles. The number of hydrogen-bond acceptors (Lipinski definition) is 4. The van der Waals surface area contributed by atoms with Crippen LogP contribution in [0.25, 0.3) is 11.1 Å². The van der Waals surface area contributed by atoms with Crippen LogP contribution in [0.1, 0.15) is 56.6 Å². The molecule has 4 rings (SSSR count). The van der Waals surface area contributed by atoms with E-state index in [-0.39, 0.29) is 24.9 Å². The zero-order valence-corrected chi connectivity index (χ0v) is 19.0. The van der Waals surface area contributed by atoms with Gasteiger partial charge in [-0.25, -0.2) is 9.59 Å². The summed E-state index contributed by atoms with van der Waals surface area (Å²) in [5.74, 6) is -1.51. The van der Waals surface area contributed by atoms with E-state index in [1.807, 2.05) is 31.2 Å². The van der Waals surface area contributed by atoms with Gasteiger partial charge in [-0.1, -0.05) is 55.5 Å². The number of amides is 2. The van der Waals surface area contributed by atoms with E-state index in [1.54, 1.807) is 6.92 Å². The molecule has 2 amide bonds. The molecule has 1 fully saturated rings. The lowest BCUT2D eigenvalue weighted by Gasteiger charge is -2.27. The molecule has 33 heavy (non-hydrogen) atoms. The minimum Gasteiger partial charge on any atom is -0.480 e. The molecule has 3 N–H and O–H groups in total. The average molecular weight is 451 g/mol. The third kappa shape index (κ3) is 4.72. The summed E-state index contributed by atoms with van der Waals surface area (Å²) in [6.07, 6.45) is 1.51. The molecular weight excluding hydrogens is 420 g/mol. The normalized spacial score (nSPS) is 17.3. The second kappa shape index (κ2) is 9.25. The van der Waals surface area contributed by atoms with Crippen molar-refractivity contribution in [2.24, 2.45) is 5.92 Å². The number of carboxylic acid groups (broad SMARTS) is 1. The molecule has 0 aliphatic heterocycles. The van der Waals surface area contributed by atoms with Gasteiger partial charge in [0.1, 0.15) is 12.1 Å². The summed E-state index contributed by atoms with van der Waals surface area (Å²) in [6, 6.07) is 15.8. The van der Waals surface area contributed by atoms with Crippen LogP contribution in [0.4, 0.5) is 4.79 Å². The van der Waals surface area contributed by atoms with E-state index in [2.05, 4.69) is 34.9 Å². The van der Waals surface area contributed by atoms with Crippen molar-refractivity contribution in [2.75, 3.05) is 6.61 Å². The van der Waals surface area contributed by atoms with Crippen molar-refractivity contribution in [2.45, 2.75) is 57.0 Å². The summed E-state index contributed by atoms with van der Waals surface area (Å²) in [5, 5.41) is 15.0. The number of aliphatic carboxylic acids is 1. The monoisotopic (exact) mass is 450 g/mol. The maximum atomic E-state index is 12.5. The van der Waals surface area contributed by atoms with Gasteiger partial charge in [0.05, 0.1) is 0 Å². The Hall–Kier alpha value is -3.35. The van der Waals surface area contributed by atoms with E-state index >= 15 is 0 Å². The highest BCUT2D eigenvalue weighted by atomic mass is 16.5. The molecule has 0 aromatic heterocycles. The van der Waals surface area contributed by atoms with Gasteiger partial charge < -0.3 is 20.5 Å². The topological polar surface area (TPSA) is 105 Å². The zero-order valence-electron chi connectivity index (χ0n) is 19.0. The maximum Gasteiger partial charge on any atom is 0.407 e. The van der Waals surface area contributed by atoms with E-state index in [9.17, 15) is 19.5 Å². The Morgan fingerprint density at radius 2 is 1.64 bits per heavy atom. The Morgan fingerprint density at radius 3 is 2.15 bits per heavy atom. The Balaban J connectivity index is 1.34. The van der Waals surface area contributed by atoms with Crippen molar-refractivity contribution in [3.63, 3.8) is 0 Å². The van der Waals surface area contributed by atoms with Crippen LogP contribution < -0.4 is 10.6 Å². The number of hydrogen-bond donors (Lipinski definition) is 3. The van der Waals surface area contributed by atoms with E-state index in [4.69, 9.17) is 4.74 Å². The first-order chi connectivity index (χ1) is 15.8. The smallest absolute Gasteiger partial charge is 0.407 e. The lowest BCUT2D eigenvalue weighted by molar-refractivity contribution is -0.148. The predicted molar refractivity (Wildman–Crippen MR) is 124 cm³/mol. The minimum absolute atomic E-state index is 0.00369. The quantitative estimate of drug-likeness (QED) is 0.534. The summed E-state index contributed by atoms with van der Waals surface area (Å²) in [4.78, 5) is 36.7. The fraction of sp³-hybridized carbons (Fsp3) is 0.423. The van der Waals surface area contributed by atoms with Gasteiger partial charge in [-0.15, -0.1) is 0 Å². The molecule has 0 spiro atoms. The molecule has 7 heteroatoms. The third-order valence-corrected chi connectivity index (χ3v) is 6.83. The van der Waals surface area contributed by atoms with Gasteiger partial charge in [-0.05, 0) is 54.4 Å². The van der Waals surface area contributed by atoms with E-state index < -0.39 is 29.6 Å². The third-order valence-electron chi connectivity index (χ3n) is 6.83. The van der Waals surface area contributed by atoms with Crippen molar-refractivity contribution >= 4 is 18.0 Å². The number of benzene rings is 2. The molecule has 2 aliphatic carbocycles. The molecule has 174 valence electrons. The summed E-state index contributed by atoms with van der Waals surface area (Å²) < 4.78 is 5.57. The number of ether oxygens (including phenoxy) is 1. The van der Waals surface area contributed by atoms with Gasteiger partial charge in [0.15, 0.2) is 0 Å². The molecular formula is C26H30N2O5. The van der Waals surface area contributed by atoms with Gasteiger partial charge in [0, 0.05) is 18.4 Å². The van der Waals surface area contributed by atoms with Gasteiger partial charge in [-0.2, -0.15) is 0 Å². The first-order valence-corrected chi connectivity index (χ1v) is 11.5. The van der Waals surface area contributed by atoms with Crippen molar-refractivity contribution in [3.05, 3.63) is 59.7 Å². The Kier molecular flexibility index (Phi) is 6.40. The Labute approximate surface area is 193 Å². The van der Waals surface area contributed by atoms with Crippen molar-refractivity contribution < 1.29 is 24.2 Å². The van der Waals surface area contributed by atoms with Crippen molar-refractivity contribution in [3.8, 4) is 11.1 Å². The van der Waals surface area contributed by atoms with Crippen LogP contribution in [-0.2, 0) is 14.3 Å². The number of nitrogens with one attached hydrogen (secondary N) is 2. The molecule has 0 saturated heterocycles. The Morgan fingerprint density at radius 1 is 1.06 bits per heavy atom. The number of carbonyl (C=O) groups is 3. The number of fused-ring (bicyclic) bond motifs is 3. The average Bonchev–Trinajstić information content (AvgIpc) is 3.61. The van der Waals surface area contributed by atoms with Crippen LogP contribution in [0, 0.1) is 5.92 Å². The fourth-order valence-electron chi connectivity index (χ4n) is 4.66. The second-order valence-corrected chi connectivity index (χ2v) is 9.11. The number of carbonyl (C=O) groups excluding carboxylic acids is 2. The molecule has 2 aliphatic rings. The SMILES string of the molecule is CCC(CC(=O)NC(C)(C(=O)O)C1CC1)NC(=O)OCC1c2ccccc2-c2ccccc21. The highest BCUT2D eigenvalue weighted by molar-refractivity contribution is 5.87. The van der Waals surface area contributed by atoms with Crippen LogP contribution >= 0.6 is 0 Å². The standard InChI is InChI=1S/C26H30N2O5/c1-3-17(14-23(29)28-26(2,24(30)31)16-12-13-16)27-25(32)33-15-22-20-10-6-4-8-18(20)19-9-5-7-11-21(19)22/h4-11,16-17,22H,3,12-15H2,1-2H3,(H,27,32)(H,28,29)(H,30,31). The highest BCUT2D eigenvalue weighted by Gasteiger charge is 2.48. The molecule has 2 unspecified atom stereocenters. The molecule has 0 radical (unpaired) electrons. The van der Waals surface area contributed by atoms with E-state index in [0.717, 1.165) is 35.1 Å². The second-order valence-electron chi connectivity index (χ2n) is 9.11. The first kappa shape index (κ1) is 22.8. The van der Waals surface area contributed by atoms with Crippen LogP contribution in [-0.4, -0.2) is 41.3 Å². The predicted octanol–water partition coefficient (Wildman–Crippen LogP) is 4.06. The number of alkyl carbamates (subject to hydrolysis) is 1. The highest BCUT2D eigenvalue weighted by Crippen LogP contribution is 2.44. The van der Waals surface area contributed by atoms with Gasteiger partial charge in [0.2, 0.25) is 5.91 Å². The number of rotatable bonds is 9. The number of carboxylic acids is 1. The van der Waals surface area contributed by atoms with Gasteiger partial charge in [0.25, 0.3) is 0 Å². The molecule has 7 nitrogen and oxygen atoms in total. The summed E-state index contributed by atoms with van der Waals surface area (Å²) in [6.45, 7) is 3.60. The minimum atomic E-state index is -1.26. The van der Waals surface area contributed by atoms with Crippen LogP contribution in [0.5, 0.6) is 0 Å². The van der Waals surface area contributed by atoms with Crippen LogP contribution in [0.15, 0.2) is 48.5 Å². The Bertz CT molecular complexity index is 1020. The summed E-state index contributed by atoms with van der Waals surface area (Å²) >= 11 is 0. The van der Waals surface area contributed by atoms with Crippen LogP contribution in [0.2, 0.25) is 0 Å². The zero-order chi connectivity index (χ0) is 23.6. The molecule has 2 atom stereocenters. The lowest BCUT2D eigenvalue weighted by atomic mass is 9.95. The van der Waals surface area contributed by atoms with Gasteiger partial charge in [-0.3, -0.25) is 4.79 Å². The van der Waals surface area contributed by atoms with E-state index in [0.29, 0.717) is 6.42 Å². The fourth-order valence-corrected chi connectivity index (χ4v) is 4.66. The molecule has 1 saturated carbocycles. The largest absolute Gasteiger partial charge is 0.480 e. The van der Waals surface area contributed by atoms with E-state index in [1.165, 1.54) is 0 Å². The summed E-state index contributed by atoms with van der Waals surface area (Å²) in [7, 11) is 0. The molecule has 0 heterocycles. The van der Waals surface area contributed by atoms with Crippen molar-refractivity contribution in [1.82, 2.24) is 10.6 Å². The van der Waals surface area contributed by atoms with Gasteiger partial charge >= 0.3 is 12.1 Å². The summed E-state index contributed by atoms with van der Waals surface area (Å²) in [5.41, 5.74) is 3.31. The molecule has 0 bridgehead atoms. The maximum absolute atomic E-state index is 12.5. The molecule has 2 aromatic rings. The lowest BCUT2D eigenvalue weighted by Crippen LogP contribution is -2.55.